The van der Waals surface area contributed by atoms with Gasteiger partial charge in [-0.25, -0.2) is 0 Å². The van der Waals surface area contributed by atoms with Crippen LogP contribution in [-0.2, 0) is 11.0 Å². The monoisotopic (exact) mass is 382 g/mol. The molecule has 13 heteroatoms. The molecular formula is C13H17F3N4O6. The van der Waals surface area contributed by atoms with Crippen LogP contribution in [0.1, 0.15) is 26.3 Å². The molecule has 10 nitrogen and oxygen atoms in total. The standard InChI is InChI=1S/C11H13F3N4O4.C2H4O2/c1-3-16(4-2)9-6(11(12,13)14)5-7(17(19)20)8(15)10(9)18(21)22;1-2(3)4/h5H,3-4,15H2,1-2H3;1H3,(H,3,4). The van der Waals surface area contributed by atoms with E-state index in [9.17, 15) is 33.4 Å². The largest absolute Gasteiger partial charge is 0.481 e. The van der Waals surface area contributed by atoms with Crippen LogP contribution in [0.2, 0.25) is 0 Å². The number of carboxylic acid groups (broad SMARTS) is 1. The molecule has 0 fully saturated rings. The number of nitrogens with zero attached hydrogens (tertiary/aromatic N) is 3. The number of halogens is 3. The quantitative estimate of drug-likeness (QED) is 0.447. The lowest BCUT2D eigenvalue weighted by Crippen LogP contribution is -2.27. The molecule has 0 spiro atoms. The number of nitro benzene ring substituents is 2. The third-order valence-electron chi connectivity index (χ3n) is 3.06. The van der Waals surface area contributed by atoms with E-state index in [-0.39, 0.29) is 19.2 Å². The van der Waals surface area contributed by atoms with Gasteiger partial charge in [-0.3, -0.25) is 25.0 Å². The number of nitro groups is 2. The molecule has 0 aliphatic carbocycles. The van der Waals surface area contributed by atoms with Gasteiger partial charge in [-0.1, -0.05) is 0 Å². The summed E-state index contributed by atoms with van der Waals surface area (Å²) in [5.74, 6) is -0.833. The maximum atomic E-state index is 13.2. The van der Waals surface area contributed by atoms with Crippen molar-refractivity contribution in [3.05, 3.63) is 31.9 Å². The molecule has 1 rings (SSSR count). The normalized spacial score (nSPS) is 10.5. The van der Waals surface area contributed by atoms with E-state index >= 15 is 0 Å². The van der Waals surface area contributed by atoms with E-state index < -0.39 is 50.3 Å². The fourth-order valence-electron chi connectivity index (χ4n) is 2.07. The zero-order valence-corrected chi connectivity index (χ0v) is 14.0. The Kier molecular flexibility index (Phi) is 7.76. The number of benzene rings is 1. The number of hydrogen-bond donors (Lipinski definition) is 2. The first-order valence-electron chi connectivity index (χ1n) is 7.06. The third kappa shape index (κ3) is 5.46. The number of hydrogen-bond acceptors (Lipinski definition) is 7. The molecule has 0 saturated carbocycles. The fourth-order valence-corrected chi connectivity index (χ4v) is 2.07. The van der Waals surface area contributed by atoms with E-state index in [2.05, 4.69) is 0 Å². The highest BCUT2D eigenvalue weighted by molar-refractivity contribution is 5.85. The molecule has 0 bridgehead atoms. The van der Waals surface area contributed by atoms with Gasteiger partial charge in [-0.15, -0.1) is 0 Å². The molecule has 0 aliphatic rings. The molecule has 0 radical (unpaired) electrons. The predicted octanol–water partition coefficient (Wildman–Crippen LogP) is 3.04. The fraction of sp³-hybridized carbons (Fsp3) is 0.462. The molecule has 0 aromatic heterocycles. The molecule has 0 amide bonds. The van der Waals surface area contributed by atoms with E-state index in [1.54, 1.807) is 0 Å². The average Bonchev–Trinajstić information content (AvgIpc) is 2.45. The molecular weight excluding hydrogens is 365 g/mol. The number of aliphatic carboxylic acids is 1. The van der Waals surface area contributed by atoms with Gasteiger partial charge in [0.1, 0.15) is 5.69 Å². The van der Waals surface area contributed by atoms with Crippen molar-refractivity contribution in [1.29, 1.82) is 0 Å². The minimum absolute atomic E-state index is 0.0394. The van der Waals surface area contributed by atoms with Crippen molar-refractivity contribution in [3.63, 3.8) is 0 Å². The van der Waals surface area contributed by atoms with Crippen LogP contribution in [0, 0.1) is 20.2 Å². The van der Waals surface area contributed by atoms with E-state index in [4.69, 9.17) is 15.6 Å². The summed E-state index contributed by atoms with van der Waals surface area (Å²) < 4.78 is 39.6. The Morgan fingerprint density at radius 1 is 1.23 bits per heavy atom. The van der Waals surface area contributed by atoms with Crippen molar-refractivity contribution in [2.45, 2.75) is 26.9 Å². The van der Waals surface area contributed by atoms with E-state index in [0.717, 1.165) is 11.8 Å². The van der Waals surface area contributed by atoms with Crippen molar-refractivity contribution >= 4 is 28.7 Å². The van der Waals surface area contributed by atoms with Crippen molar-refractivity contribution in [2.75, 3.05) is 23.7 Å². The molecule has 26 heavy (non-hydrogen) atoms. The first kappa shape index (κ1) is 22.9. The molecule has 0 heterocycles. The molecule has 0 unspecified atom stereocenters. The van der Waals surface area contributed by atoms with Crippen LogP contribution in [0.3, 0.4) is 0 Å². The highest BCUT2D eigenvalue weighted by atomic mass is 19.4. The Morgan fingerprint density at radius 2 is 1.65 bits per heavy atom. The van der Waals surface area contributed by atoms with Gasteiger partial charge >= 0.3 is 11.9 Å². The predicted molar refractivity (Wildman–Crippen MR) is 86.0 cm³/mol. The molecule has 0 saturated heterocycles. The topological polar surface area (TPSA) is 153 Å². The molecule has 0 atom stereocenters. The van der Waals surface area contributed by atoms with Crippen molar-refractivity contribution in [1.82, 2.24) is 0 Å². The number of nitrogens with two attached hydrogens (primary N) is 1. The lowest BCUT2D eigenvalue weighted by atomic mass is 10.1. The van der Waals surface area contributed by atoms with Gasteiger partial charge in [0.05, 0.1) is 15.4 Å². The summed E-state index contributed by atoms with van der Waals surface area (Å²) in [7, 11) is 0. The van der Waals surface area contributed by atoms with Crippen LogP contribution in [0.4, 0.5) is 35.9 Å². The summed E-state index contributed by atoms with van der Waals surface area (Å²) in [5.41, 5.74) is 0.00642. The maximum Gasteiger partial charge on any atom is 0.418 e. The lowest BCUT2D eigenvalue weighted by molar-refractivity contribution is -0.392. The molecule has 3 N–H and O–H groups in total. The summed E-state index contributed by atoms with van der Waals surface area (Å²) >= 11 is 0. The van der Waals surface area contributed by atoms with E-state index in [1.807, 2.05) is 0 Å². The third-order valence-corrected chi connectivity index (χ3v) is 3.06. The SMILES string of the molecule is CC(=O)O.CCN(CC)c1c(C(F)(F)F)cc([N+](=O)[O-])c(N)c1[N+](=O)[O-]. The summed E-state index contributed by atoms with van der Waals surface area (Å²) in [4.78, 5) is 29.7. The van der Waals surface area contributed by atoms with Gasteiger partial charge in [0.25, 0.3) is 11.7 Å². The minimum atomic E-state index is -5.00. The highest BCUT2D eigenvalue weighted by Crippen LogP contribution is 2.48. The Hall–Kier alpha value is -3.12. The highest BCUT2D eigenvalue weighted by Gasteiger charge is 2.43. The Balaban J connectivity index is 0.00000141. The summed E-state index contributed by atoms with van der Waals surface area (Å²) in [6.07, 6.45) is -5.00. The van der Waals surface area contributed by atoms with Gasteiger partial charge in [0.2, 0.25) is 0 Å². The summed E-state index contributed by atoms with van der Waals surface area (Å²) in [5, 5.41) is 29.4. The smallest absolute Gasteiger partial charge is 0.418 e. The maximum absolute atomic E-state index is 13.2. The van der Waals surface area contributed by atoms with E-state index in [1.165, 1.54) is 13.8 Å². The number of nitrogen functional groups attached to an aromatic ring is 1. The van der Waals surface area contributed by atoms with Crippen molar-refractivity contribution < 1.29 is 32.9 Å². The van der Waals surface area contributed by atoms with Crippen molar-refractivity contribution in [3.8, 4) is 0 Å². The van der Waals surface area contributed by atoms with Crippen LogP contribution >= 0.6 is 0 Å². The summed E-state index contributed by atoms with van der Waals surface area (Å²) in [6.45, 7) is 4.17. The average molecular weight is 382 g/mol. The first-order chi connectivity index (χ1) is 11.8. The van der Waals surface area contributed by atoms with Gasteiger partial charge < -0.3 is 15.7 Å². The Bertz CT molecular complexity index is 700. The number of carbonyl (C=O) groups is 1. The van der Waals surface area contributed by atoms with Crippen LogP contribution in [0.15, 0.2) is 6.07 Å². The number of rotatable bonds is 5. The zero-order chi connectivity index (χ0) is 20.8. The van der Waals surface area contributed by atoms with Gasteiger partial charge in [-0.05, 0) is 13.8 Å². The molecule has 146 valence electrons. The van der Waals surface area contributed by atoms with Crippen LogP contribution in [0.5, 0.6) is 0 Å². The molecule has 1 aromatic carbocycles. The van der Waals surface area contributed by atoms with Crippen LogP contribution < -0.4 is 10.6 Å². The molecule has 1 aromatic rings. The van der Waals surface area contributed by atoms with Gasteiger partial charge in [0.15, 0.2) is 5.69 Å². The zero-order valence-electron chi connectivity index (χ0n) is 14.0. The molecule has 0 aliphatic heterocycles. The Morgan fingerprint density at radius 3 is 1.92 bits per heavy atom. The number of anilines is 2. The number of alkyl halides is 3. The second-order valence-electron chi connectivity index (χ2n) is 4.76. The van der Waals surface area contributed by atoms with E-state index in [0.29, 0.717) is 0 Å². The summed E-state index contributed by atoms with van der Waals surface area (Å²) in [6, 6.07) is 0.232. The second-order valence-corrected chi connectivity index (χ2v) is 4.76. The van der Waals surface area contributed by atoms with Gasteiger partial charge in [-0.2, -0.15) is 13.2 Å². The Labute approximate surface area is 145 Å². The lowest BCUT2D eigenvalue weighted by Gasteiger charge is -2.25. The van der Waals surface area contributed by atoms with Crippen LogP contribution in [0.25, 0.3) is 0 Å². The van der Waals surface area contributed by atoms with Gasteiger partial charge in [0, 0.05) is 26.1 Å². The minimum Gasteiger partial charge on any atom is -0.481 e. The number of carboxylic acids is 1. The van der Waals surface area contributed by atoms with Crippen LogP contribution in [-0.4, -0.2) is 34.0 Å². The first-order valence-corrected chi connectivity index (χ1v) is 7.06. The van der Waals surface area contributed by atoms with Crippen molar-refractivity contribution in [2.24, 2.45) is 0 Å². The second kappa shape index (κ2) is 8.82.